The molecule has 0 N–H and O–H groups in total. The van der Waals surface area contributed by atoms with Crippen molar-refractivity contribution >= 4 is 49.7 Å². The number of nitriles is 1. The number of rotatable bonds is 4. The van der Waals surface area contributed by atoms with Crippen LogP contribution in [-0.2, 0) is 10.0 Å². The molecule has 30 heavy (non-hydrogen) atoms. The first-order chi connectivity index (χ1) is 14.4. The molecule has 0 radical (unpaired) electrons. The van der Waals surface area contributed by atoms with Crippen LogP contribution in [0.4, 0.5) is 5.13 Å². The topological polar surface area (TPSA) is 77.3 Å². The molecular weight excluding hydrogens is 463 g/mol. The van der Waals surface area contributed by atoms with Crippen LogP contribution in [0.1, 0.15) is 5.56 Å². The lowest BCUT2D eigenvalue weighted by molar-refractivity contribution is 0.384. The number of piperazine rings is 1. The lowest BCUT2D eigenvalue weighted by Gasteiger charge is -2.33. The van der Waals surface area contributed by atoms with Gasteiger partial charge in [0.05, 0.1) is 26.2 Å². The highest BCUT2D eigenvalue weighted by atomic mass is 35.5. The van der Waals surface area contributed by atoms with Crippen LogP contribution in [0.25, 0.3) is 11.3 Å². The Morgan fingerprint density at radius 1 is 1.03 bits per heavy atom. The van der Waals surface area contributed by atoms with Crippen molar-refractivity contribution in [1.29, 1.82) is 5.26 Å². The third-order valence-corrected chi connectivity index (χ3v) is 8.44. The highest BCUT2D eigenvalue weighted by Gasteiger charge is 2.31. The van der Waals surface area contributed by atoms with Crippen molar-refractivity contribution in [3.63, 3.8) is 0 Å². The molecule has 1 saturated heterocycles. The Bertz CT molecular complexity index is 1230. The Hall–Kier alpha value is -2.15. The monoisotopic (exact) mass is 478 g/mol. The lowest BCUT2D eigenvalue weighted by atomic mass is 10.2. The van der Waals surface area contributed by atoms with Gasteiger partial charge < -0.3 is 4.90 Å². The number of aromatic nitrogens is 1. The summed E-state index contributed by atoms with van der Waals surface area (Å²) in [5.74, 6) is 0. The summed E-state index contributed by atoms with van der Waals surface area (Å²) in [6, 6.07) is 13.6. The van der Waals surface area contributed by atoms with Crippen molar-refractivity contribution in [1.82, 2.24) is 9.29 Å². The Balaban J connectivity index is 1.48. The maximum absolute atomic E-state index is 13.0. The predicted molar refractivity (Wildman–Crippen MR) is 120 cm³/mol. The molecule has 1 aliphatic heterocycles. The first-order valence-corrected chi connectivity index (χ1v) is 12.1. The van der Waals surface area contributed by atoms with Crippen LogP contribution in [0.15, 0.2) is 52.7 Å². The zero-order chi connectivity index (χ0) is 21.3. The average Bonchev–Trinajstić information content (AvgIpc) is 3.26. The fourth-order valence-electron chi connectivity index (χ4n) is 3.24. The van der Waals surface area contributed by atoms with Crippen molar-refractivity contribution in [3.8, 4) is 17.3 Å². The Labute approximate surface area is 189 Å². The summed E-state index contributed by atoms with van der Waals surface area (Å²) in [5.41, 5.74) is 1.83. The van der Waals surface area contributed by atoms with Crippen molar-refractivity contribution in [2.45, 2.75) is 4.90 Å². The minimum atomic E-state index is -3.72. The van der Waals surface area contributed by atoms with E-state index < -0.39 is 10.0 Å². The number of anilines is 1. The summed E-state index contributed by atoms with van der Waals surface area (Å²) < 4.78 is 27.4. The molecule has 2 aromatic carbocycles. The first kappa shape index (κ1) is 21.1. The van der Waals surface area contributed by atoms with Crippen molar-refractivity contribution in [2.75, 3.05) is 31.1 Å². The third kappa shape index (κ3) is 4.04. The predicted octanol–water partition coefficient (Wildman–Crippen LogP) is 4.50. The molecule has 10 heteroatoms. The second kappa shape index (κ2) is 8.53. The Kier molecular flexibility index (Phi) is 6.00. The highest BCUT2D eigenvalue weighted by molar-refractivity contribution is 7.89. The third-order valence-electron chi connectivity index (χ3n) is 4.84. The molecule has 4 rings (SSSR count). The highest BCUT2D eigenvalue weighted by Crippen LogP contribution is 2.32. The number of thiazole rings is 1. The van der Waals surface area contributed by atoms with Gasteiger partial charge in [0.15, 0.2) is 5.13 Å². The minimum Gasteiger partial charge on any atom is -0.345 e. The quantitative estimate of drug-likeness (QED) is 0.551. The van der Waals surface area contributed by atoms with Crippen molar-refractivity contribution < 1.29 is 8.42 Å². The van der Waals surface area contributed by atoms with Gasteiger partial charge in [-0.3, -0.25) is 0 Å². The minimum absolute atomic E-state index is 0.0529. The van der Waals surface area contributed by atoms with Crippen LogP contribution >= 0.6 is 34.5 Å². The van der Waals surface area contributed by atoms with E-state index >= 15 is 0 Å². The molecule has 3 aromatic rings. The molecular formula is C20H16Cl2N4O2S2. The second-order valence-electron chi connectivity index (χ2n) is 6.64. The van der Waals surface area contributed by atoms with Crippen LogP contribution in [0.3, 0.4) is 0 Å². The summed E-state index contributed by atoms with van der Waals surface area (Å²) in [5, 5.41) is 13.0. The average molecular weight is 479 g/mol. The van der Waals surface area contributed by atoms with Gasteiger partial charge in [-0.15, -0.1) is 11.3 Å². The maximum Gasteiger partial charge on any atom is 0.244 e. The van der Waals surface area contributed by atoms with Crippen LogP contribution in [0, 0.1) is 11.3 Å². The molecule has 154 valence electrons. The fourth-order valence-corrected chi connectivity index (χ4v) is 5.99. The number of hydrogen-bond donors (Lipinski definition) is 0. The van der Waals surface area contributed by atoms with E-state index in [1.807, 2.05) is 17.5 Å². The summed E-state index contributed by atoms with van der Waals surface area (Å²) >= 11 is 13.6. The van der Waals surface area contributed by atoms with Gasteiger partial charge in [-0.25, -0.2) is 13.4 Å². The molecule has 0 amide bonds. The van der Waals surface area contributed by atoms with Gasteiger partial charge >= 0.3 is 0 Å². The van der Waals surface area contributed by atoms with E-state index in [1.54, 1.807) is 24.3 Å². The van der Waals surface area contributed by atoms with Crippen molar-refractivity contribution in [3.05, 3.63) is 63.5 Å². The first-order valence-electron chi connectivity index (χ1n) is 9.05. The summed E-state index contributed by atoms with van der Waals surface area (Å²) in [6.45, 7) is 1.68. The van der Waals surface area contributed by atoms with Gasteiger partial charge in [0.2, 0.25) is 10.0 Å². The van der Waals surface area contributed by atoms with Gasteiger partial charge in [-0.1, -0.05) is 41.4 Å². The number of nitrogens with zero attached hydrogens (tertiary/aromatic N) is 4. The Morgan fingerprint density at radius 2 is 1.77 bits per heavy atom. The number of hydrogen-bond acceptors (Lipinski definition) is 6. The lowest BCUT2D eigenvalue weighted by Crippen LogP contribution is -2.48. The summed E-state index contributed by atoms with van der Waals surface area (Å²) in [7, 11) is -3.72. The molecule has 0 spiro atoms. The van der Waals surface area contributed by atoms with Gasteiger partial charge in [0.25, 0.3) is 0 Å². The van der Waals surface area contributed by atoms with Gasteiger partial charge in [-0.2, -0.15) is 9.57 Å². The van der Waals surface area contributed by atoms with Gasteiger partial charge in [0, 0.05) is 37.1 Å². The molecule has 0 bridgehead atoms. The fraction of sp³-hybridized carbons (Fsp3) is 0.200. The van der Waals surface area contributed by atoms with E-state index in [9.17, 15) is 13.7 Å². The van der Waals surface area contributed by atoms with E-state index in [-0.39, 0.29) is 10.5 Å². The number of sulfonamides is 1. The van der Waals surface area contributed by atoms with Crippen LogP contribution in [0.5, 0.6) is 0 Å². The van der Waals surface area contributed by atoms with E-state index in [0.717, 1.165) is 16.4 Å². The molecule has 1 aromatic heterocycles. The molecule has 0 unspecified atom stereocenters. The van der Waals surface area contributed by atoms with Crippen LogP contribution in [-0.4, -0.2) is 43.9 Å². The Morgan fingerprint density at radius 3 is 2.47 bits per heavy atom. The van der Waals surface area contributed by atoms with E-state index in [1.165, 1.54) is 27.8 Å². The SMILES string of the molecule is N#Cc1ccccc1S(=O)(=O)N1CCN(c2nc(-c3ccc(Cl)c(Cl)c3)cs2)CC1. The van der Waals surface area contributed by atoms with Crippen molar-refractivity contribution in [2.24, 2.45) is 0 Å². The normalized spacial score (nSPS) is 15.2. The number of halogens is 2. The van der Waals surface area contributed by atoms with Gasteiger partial charge in [-0.05, 0) is 24.3 Å². The largest absolute Gasteiger partial charge is 0.345 e. The van der Waals surface area contributed by atoms with E-state index in [4.69, 9.17) is 23.2 Å². The summed E-state index contributed by atoms with van der Waals surface area (Å²) in [6.07, 6.45) is 0. The smallest absolute Gasteiger partial charge is 0.244 e. The molecule has 0 atom stereocenters. The summed E-state index contributed by atoms with van der Waals surface area (Å²) in [4.78, 5) is 6.80. The zero-order valence-corrected chi connectivity index (χ0v) is 18.8. The second-order valence-corrected chi connectivity index (χ2v) is 10.2. The molecule has 2 heterocycles. The zero-order valence-electron chi connectivity index (χ0n) is 15.6. The maximum atomic E-state index is 13.0. The van der Waals surface area contributed by atoms with E-state index in [0.29, 0.717) is 36.2 Å². The van der Waals surface area contributed by atoms with Crippen LogP contribution < -0.4 is 4.90 Å². The molecule has 1 fully saturated rings. The molecule has 0 saturated carbocycles. The molecule has 6 nitrogen and oxygen atoms in total. The molecule has 0 aliphatic carbocycles. The van der Waals surface area contributed by atoms with Gasteiger partial charge in [0.1, 0.15) is 6.07 Å². The van der Waals surface area contributed by atoms with Crippen LogP contribution in [0.2, 0.25) is 10.0 Å². The number of benzene rings is 2. The van der Waals surface area contributed by atoms with E-state index in [2.05, 4.69) is 9.88 Å². The molecule has 1 aliphatic rings. The standard InChI is InChI=1S/C20H16Cl2N4O2S2/c21-16-6-5-14(11-17(16)22)18-13-29-20(24-18)25-7-9-26(10-8-25)30(27,28)19-4-2-1-3-15(19)12-23/h1-6,11,13H,7-10H2.